The average molecular weight is 193 g/mol. The van der Waals surface area contributed by atoms with E-state index in [-0.39, 0.29) is 5.78 Å². The molecule has 0 spiro atoms. The first kappa shape index (κ1) is 9.94. The lowest BCUT2D eigenvalue weighted by atomic mass is 10.0. The highest BCUT2D eigenvalue weighted by Crippen LogP contribution is 2.20. The first-order chi connectivity index (χ1) is 6.20. The molecule has 0 aliphatic rings. The van der Waals surface area contributed by atoms with Gasteiger partial charge in [0.05, 0.1) is 10.9 Å². The maximum Gasteiger partial charge on any atom is 0.189 e. The Morgan fingerprint density at radius 3 is 3.00 bits per heavy atom. The van der Waals surface area contributed by atoms with Crippen molar-refractivity contribution in [3.8, 4) is 6.07 Å². The van der Waals surface area contributed by atoms with Crippen molar-refractivity contribution in [3.63, 3.8) is 0 Å². The average Bonchev–Trinajstić information content (AvgIpc) is 2.62. The summed E-state index contributed by atoms with van der Waals surface area (Å²) in [6, 6.07) is 3.91. The summed E-state index contributed by atoms with van der Waals surface area (Å²) >= 11 is 1.43. The third-order valence-corrected chi connectivity index (χ3v) is 2.91. The first-order valence-electron chi connectivity index (χ1n) is 4.20. The fourth-order valence-electron chi connectivity index (χ4n) is 1.09. The van der Waals surface area contributed by atoms with Crippen molar-refractivity contribution < 1.29 is 4.79 Å². The van der Waals surface area contributed by atoms with E-state index in [0.717, 1.165) is 16.9 Å². The number of thiophene rings is 1. The van der Waals surface area contributed by atoms with Crippen molar-refractivity contribution in [1.29, 1.82) is 5.26 Å². The molecule has 1 atom stereocenters. The number of carbonyl (C=O) groups excluding carboxylic acids is 1. The van der Waals surface area contributed by atoms with Crippen LogP contribution in [0, 0.1) is 17.2 Å². The highest BCUT2D eigenvalue weighted by molar-refractivity contribution is 7.12. The fraction of sp³-hybridized carbons (Fsp3) is 0.400. The molecule has 1 heterocycles. The van der Waals surface area contributed by atoms with E-state index >= 15 is 0 Å². The van der Waals surface area contributed by atoms with Gasteiger partial charge in [-0.2, -0.15) is 5.26 Å². The van der Waals surface area contributed by atoms with Gasteiger partial charge in [-0.25, -0.2) is 0 Å². The Hall–Kier alpha value is -1.14. The van der Waals surface area contributed by atoms with Crippen LogP contribution in [-0.2, 0) is 6.42 Å². The summed E-state index contributed by atoms with van der Waals surface area (Å²) in [5, 5.41) is 10.5. The molecule has 2 nitrogen and oxygen atoms in total. The summed E-state index contributed by atoms with van der Waals surface area (Å²) in [6.07, 6.45) is 0.850. The molecule has 1 aromatic heterocycles. The van der Waals surface area contributed by atoms with Crippen molar-refractivity contribution in [1.82, 2.24) is 0 Å². The highest BCUT2D eigenvalue weighted by Gasteiger charge is 2.18. The van der Waals surface area contributed by atoms with Gasteiger partial charge in [-0.05, 0) is 30.4 Å². The Morgan fingerprint density at radius 2 is 2.46 bits per heavy atom. The second-order valence-corrected chi connectivity index (χ2v) is 3.76. The van der Waals surface area contributed by atoms with E-state index < -0.39 is 5.92 Å². The monoisotopic (exact) mass is 193 g/mol. The lowest BCUT2D eigenvalue weighted by Crippen LogP contribution is -2.08. The zero-order valence-electron chi connectivity index (χ0n) is 7.70. The maximum atomic E-state index is 11.6. The first-order valence-corrected chi connectivity index (χ1v) is 5.08. The lowest BCUT2D eigenvalue weighted by molar-refractivity contribution is 0.0960. The molecule has 0 fully saturated rings. The summed E-state index contributed by atoms with van der Waals surface area (Å²) in [6.45, 7) is 3.65. The largest absolute Gasteiger partial charge is 0.292 e. The van der Waals surface area contributed by atoms with E-state index in [4.69, 9.17) is 5.26 Å². The molecular formula is C10H11NOS. The predicted octanol–water partition coefficient (Wildman–Crippen LogP) is 2.65. The summed E-state index contributed by atoms with van der Waals surface area (Å²) in [5.41, 5.74) is 1.05. The number of hydrogen-bond acceptors (Lipinski definition) is 3. The zero-order valence-corrected chi connectivity index (χ0v) is 8.52. The van der Waals surface area contributed by atoms with Crippen LogP contribution in [0.3, 0.4) is 0 Å². The van der Waals surface area contributed by atoms with Gasteiger partial charge in [0.15, 0.2) is 5.78 Å². The molecule has 0 saturated heterocycles. The van der Waals surface area contributed by atoms with E-state index in [1.807, 2.05) is 24.4 Å². The van der Waals surface area contributed by atoms with Crippen LogP contribution in [0.15, 0.2) is 11.4 Å². The molecule has 3 heteroatoms. The maximum absolute atomic E-state index is 11.6. The van der Waals surface area contributed by atoms with Gasteiger partial charge in [-0.15, -0.1) is 11.3 Å². The van der Waals surface area contributed by atoms with Crippen LogP contribution < -0.4 is 0 Å². The van der Waals surface area contributed by atoms with Crippen molar-refractivity contribution >= 4 is 17.1 Å². The second kappa shape index (κ2) is 4.20. The minimum atomic E-state index is -0.524. The zero-order chi connectivity index (χ0) is 9.84. The number of nitrogens with zero attached hydrogens (tertiary/aromatic N) is 1. The molecule has 0 N–H and O–H groups in total. The Labute approximate surface area is 81.8 Å². The number of aryl methyl sites for hydroxylation is 1. The molecule has 1 rings (SSSR count). The van der Waals surface area contributed by atoms with E-state index in [0.29, 0.717) is 0 Å². The predicted molar refractivity (Wildman–Crippen MR) is 52.8 cm³/mol. The Bertz CT molecular complexity index is 348. The normalized spacial score (nSPS) is 12.1. The number of rotatable bonds is 3. The third-order valence-electron chi connectivity index (χ3n) is 1.94. The van der Waals surface area contributed by atoms with Gasteiger partial charge in [-0.3, -0.25) is 4.79 Å². The number of Topliss-reactive ketones (excluding diaryl/α,β-unsaturated/α-hetero) is 1. The van der Waals surface area contributed by atoms with Crippen LogP contribution in [0.4, 0.5) is 0 Å². The van der Waals surface area contributed by atoms with Crippen LogP contribution in [0.2, 0.25) is 0 Å². The SMILES string of the molecule is CCc1ccsc1C(=O)C(C)C#N. The Morgan fingerprint density at radius 1 is 1.77 bits per heavy atom. The van der Waals surface area contributed by atoms with Crippen molar-refractivity contribution in [2.45, 2.75) is 20.3 Å². The van der Waals surface area contributed by atoms with Crippen molar-refractivity contribution in [3.05, 3.63) is 21.9 Å². The minimum absolute atomic E-state index is 0.0469. The standard InChI is InChI=1S/C10H11NOS/c1-3-8-4-5-13-10(8)9(12)7(2)6-11/h4-5,7H,3H2,1-2H3. The van der Waals surface area contributed by atoms with Gasteiger partial charge in [0.25, 0.3) is 0 Å². The molecule has 13 heavy (non-hydrogen) atoms. The van der Waals surface area contributed by atoms with Crippen LogP contribution >= 0.6 is 11.3 Å². The molecule has 68 valence electrons. The molecule has 0 aromatic carbocycles. The molecule has 1 aromatic rings. The van der Waals surface area contributed by atoms with Gasteiger partial charge in [0.2, 0.25) is 0 Å². The quantitative estimate of drug-likeness (QED) is 0.692. The van der Waals surface area contributed by atoms with Gasteiger partial charge in [0, 0.05) is 0 Å². The van der Waals surface area contributed by atoms with Gasteiger partial charge < -0.3 is 0 Å². The second-order valence-electron chi connectivity index (χ2n) is 2.84. The van der Waals surface area contributed by atoms with Crippen molar-refractivity contribution in [2.75, 3.05) is 0 Å². The molecule has 0 saturated carbocycles. The Kier molecular flexibility index (Phi) is 3.21. The summed E-state index contributed by atoms with van der Waals surface area (Å²) < 4.78 is 0. The minimum Gasteiger partial charge on any atom is -0.292 e. The van der Waals surface area contributed by atoms with Crippen LogP contribution in [0.25, 0.3) is 0 Å². The third kappa shape index (κ3) is 1.96. The topological polar surface area (TPSA) is 40.9 Å². The fourth-order valence-corrected chi connectivity index (χ4v) is 2.11. The Balaban J connectivity index is 2.96. The van der Waals surface area contributed by atoms with E-state index in [1.165, 1.54) is 11.3 Å². The van der Waals surface area contributed by atoms with E-state index in [1.54, 1.807) is 6.92 Å². The number of ketones is 1. The van der Waals surface area contributed by atoms with E-state index in [9.17, 15) is 4.79 Å². The number of carbonyl (C=O) groups is 1. The molecule has 0 radical (unpaired) electrons. The molecular weight excluding hydrogens is 182 g/mol. The smallest absolute Gasteiger partial charge is 0.189 e. The van der Waals surface area contributed by atoms with Crippen LogP contribution in [0.5, 0.6) is 0 Å². The van der Waals surface area contributed by atoms with E-state index in [2.05, 4.69) is 0 Å². The molecule has 0 amide bonds. The van der Waals surface area contributed by atoms with Gasteiger partial charge in [0.1, 0.15) is 5.92 Å². The van der Waals surface area contributed by atoms with Gasteiger partial charge in [-0.1, -0.05) is 6.92 Å². The number of hydrogen-bond donors (Lipinski definition) is 0. The summed E-state index contributed by atoms with van der Waals surface area (Å²) in [5.74, 6) is -0.571. The van der Waals surface area contributed by atoms with Crippen LogP contribution in [0.1, 0.15) is 29.1 Å². The lowest BCUT2D eigenvalue weighted by Gasteiger charge is -2.01. The highest BCUT2D eigenvalue weighted by atomic mass is 32.1. The van der Waals surface area contributed by atoms with Gasteiger partial charge >= 0.3 is 0 Å². The van der Waals surface area contributed by atoms with Crippen molar-refractivity contribution in [2.24, 2.45) is 5.92 Å². The molecule has 0 bridgehead atoms. The summed E-state index contributed by atoms with van der Waals surface area (Å²) in [7, 11) is 0. The summed E-state index contributed by atoms with van der Waals surface area (Å²) in [4.78, 5) is 12.4. The molecule has 0 aliphatic heterocycles. The number of nitriles is 1. The van der Waals surface area contributed by atoms with Crippen LogP contribution in [-0.4, -0.2) is 5.78 Å². The molecule has 0 aliphatic carbocycles. The molecule has 1 unspecified atom stereocenters.